The van der Waals surface area contributed by atoms with E-state index in [-0.39, 0.29) is 5.76 Å². The highest BCUT2D eigenvalue weighted by molar-refractivity contribution is 5.94. The number of unbranched alkanes of at least 4 members (excludes halogenated alkanes) is 5. The average Bonchev–Trinajstić information content (AvgIpc) is 2.46. The first-order chi connectivity index (χ1) is 9.74. The normalized spacial score (nSPS) is 11.3. The Hall–Kier alpha value is -1.77. The molecule has 3 nitrogen and oxygen atoms in total. The highest BCUT2D eigenvalue weighted by Crippen LogP contribution is 2.10. The standard InChI is InChI=1S/C17H25NO2/c1-2-3-4-5-6-10-13-20-16(17(18)19)14-15-11-8-7-9-12-15/h7-9,11-12,14H,2-6,10,13H2,1H3,(H2,18,19). The van der Waals surface area contributed by atoms with Gasteiger partial charge in [-0.1, -0.05) is 69.4 Å². The first kappa shape index (κ1) is 16.3. The summed E-state index contributed by atoms with van der Waals surface area (Å²) in [4.78, 5) is 11.3. The Morgan fingerprint density at radius 2 is 1.75 bits per heavy atom. The van der Waals surface area contributed by atoms with Gasteiger partial charge in [-0.2, -0.15) is 0 Å². The van der Waals surface area contributed by atoms with Gasteiger partial charge in [0.25, 0.3) is 5.91 Å². The molecule has 2 N–H and O–H groups in total. The Morgan fingerprint density at radius 3 is 2.40 bits per heavy atom. The third kappa shape index (κ3) is 6.98. The van der Waals surface area contributed by atoms with Crippen molar-refractivity contribution in [3.05, 3.63) is 41.7 Å². The van der Waals surface area contributed by atoms with E-state index in [9.17, 15) is 4.79 Å². The summed E-state index contributed by atoms with van der Waals surface area (Å²) in [6, 6.07) is 9.59. The van der Waals surface area contributed by atoms with Crippen LogP contribution in [0.2, 0.25) is 0 Å². The van der Waals surface area contributed by atoms with Crippen molar-refractivity contribution in [3.63, 3.8) is 0 Å². The number of amides is 1. The molecule has 0 heterocycles. The van der Waals surface area contributed by atoms with Crippen molar-refractivity contribution in [1.82, 2.24) is 0 Å². The number of carbonyl (C=O) groups is 1. The van der Waals surface area contributed by atoms with Crippen LogP contribution in [-0.4, -0.2) is 12.5 Å². The second kappa shape index (κ2) is 10.1. The molecule has 0 aliphatic heterocycles. The number of hydrogen-bond donors (Lipinski definition) is 1. The van der Waals surface area contributed by atoms with Crippen LogP contribution in [0, 0.1) is 0 Å². The first-order valence-electron chi connectivity index (χ1n) is 7.43. The summed E-state index contributed by atoms with van der Waals surface area (Å²) < 4.78 is 5.50. The van der Waals surface area contributed by atoms with Gasteiger partial charge >= 0.3 is 0 Å². The van der Waals surface area contributed by atoms with Crippen LogP contribution in [0.1, 0.15) is 51.0 Å². The molecule has 0 saturated heterocycles. The topological polar surface area (TPSA) is 52.3 Å². The molecule has 0 spiro atoms. The lowest BCUT2D eigenvalue weighted by Crippen LogP contribution is -2.16. The van der Waals surface area contributed by atoms with E-state index in [4.69, 9.17) is 10.5 Å². The van der Waals surface area contributed by atoms with E-state index < -0.39 is 5.91 Å². The van der Waals surface area contributed by atoms with Gasteiger partial charge in [0.15, 0.2) is 5.76 Å². The third-order valence-corrected chi connectivity index (χ3v) is 3.10. The molecule has 0 bridgehead atoms. The maximum Gasteiger partial charge on any atom is 0.283 e. The predicted molar refractivity (Wildman–Crippen MR) is 82.9 cm³/mol. The SMILES string of the molecule is CCCCCCCCOC(=Cc1ccccc1)C(N)=O. The Balaban J connectivity index is 2.34. The number of benzene rings is 1. The molecule has 0 aromatic heterocycles. The molecule has 0 aliphatic carbocycles. The highest BCUT2D eigenvalue weighted by Gasteiger charge is 2.06. The zero-order valence-corrected chi connectivity index (χ0v) is 12.3. The molecule has 0 radical (unpaired) electrons. The van der Waals surface area contributed by atoms with E-state index in [0.717, 1.165) is 18.4 Å². The minimum absolute atomic E-state index is 0.241. The monoisotopic (exact) mass is 275 g/mol. The van der Waals surface area contributed by atoms with Gasteiger partial charge in [0.2, 0.25) is 0 Å². The van der Waals surface area contributed by atoms with Crippen molar-refractivity contribution in [2.75, 3.05) is 6.61 Å². The molecule has 1 aromatic rings. The van der Waals surface area contributed by atoms with Gasteiger partial charge in [-0.3, -0.25) is 4.79 Å². The Labute approximate surface area is 121 Å². The van der Waals surface area contributed by atoms with E-state index in [2.05, 4.69) is 6.92 Å². The van der Waals surface area contributed by atoms with E-state index in [1.807, 2.05) is 30.3 Å². The quantitative estimate of drug-likeness (QED) is 0.400. The van der Waals surface area contributed by atoms with Crippen molar-refractivity contribution >= 4 is 12.0 Å². The van der Waals surface area contributed by atoms with Crippen molar-refractivity contribution in [2.45, 2.75) is 45.4 Å². The summed E-state index contributed by atoms with van der Waals surface area (Å²) >= 11 is 0. The first-order valence-corrected chi connectivity index (χ1v) is 7.43. The molecular formula is C17H25NO2. The number of carbonyl (C=O) groups excluding carboxylic acids is 1. The van der Waals surface area contributed by atoms with Gasteiger partial charge < -0.3 is 10.5 Å². The molecule has 1 amide bonds. The number of primary amides is 1. The molecular weight excluding hydrogens is 250 g/mol. The lowest BCUT2D eigenvalue weighted by molar-refractivity contribution is -0.117. The largest absolute Gasteiger partial charge is 0.488 e. The van der Waals surface area contributed by atoms with Gasteiger partial charge in [0, 0.05) is 0 Å². The lowest BCUT2D eigenvalue weighted by Gasteiger charge is -2.07. The molecule has 20 heavy (non-hydrogen) atoms. The van der Waals surface area contributed by atoms with Crippen LogP contribution in [0.5, 0.6) is 0 Å². The van der Waals surface area contributed by atoms with Crippen LogP contribution in [0.25, 0.3) is 6.08 Å². The number of nitrogens with two attached hydrogens (primary N) is 1. The van der Waals surface area contributed by atoms with Crippen LogP contribution in [0.15, 0.2) is 36.1 Å². The average molecular weight is 275 g/mol. The molecule has 3 heteroatoms. The maximum atomic E-state index is 11.3. The molecule has 110 valence electrons. The van der Waals surface area contributed by atoms with Crippen molar-refractivity contribution < 1.29 is 9.53 Å². The predicted octanol–water partition coefficient (Wildman–Crippen LogP) is 3.89. The minimum Gasteiger partial charge on any atom is -0.488 e. The fourth-order valence-corrected chi connectivity index (χ4v) is 1.95. The fraction of sp³-hybridized carbons (Fsp3) is 0.471. The third-order valence-electron chi connectivity index (χ3n) is 3.10. The van der Waals surface area contributed by atoms with Crippen LogP contribution in [0.3, 0.4) is 0 Å². The zero-order chi connectivity index (χ0) is 14.6. The summed E-state index contributed by atoms with van der Waals surface area (Å²) in [6.45, 7) is 2.75. The molecule has 0 fully saturated rings. The molecule has 0 atom stereocenters. The smallest absolute Gasteiger partial charge is 0.283 e. The molecule has 1 aromatic carbocycles. The summed E-state index contributed by atoms with van der Waals surface area (Å²) in [6.07, 6.45) is 8.84. The molecule has 0 saturated carbocycles. The number of rotatable bonds is 10. The van der Waals surface area contributed by atoms with Gasteiger partial charge in [0.1, 0.15) is 0 Å². The molecule has 0 unspecified atom stereocenters. The van der Waals surface area contributed by atoms with Gasteiger partial charge in [0.05, 0.1) is 6.61 Å². The highest BCUT2D eigenvalue weighted by atomic mass is 16.5. The van der Waals surface area contributed by atoms with Crippen LogP contribution in [0.4, 0.5) is 0 Å². The van der Waals surface area contributed by atoms with Crippen molar-refractivity contribution in [2.24, 2.45) is 5.73 Å². The number of hydrogen-bond acceptors (Lipinski definition) is 2. The van der Waals surface area contributed by atoms with Crippen LogP contribution < -0.4 is 5.73 Å². The van der Waals surface area contributed by atoms with Crippen molar-refractivity contribution in [3.8, 4) is 0 Å². The minimum atomic E-state index is -0.514. The molecule has 1 rings (SSSR count). The van der Waals surface area contributed by atoms with E-state index in [1.165, 1.54) is 25.7 Å². The summed E-state index contributed by atoms with van der Waals surface area (Å²) in [7, 11) is 0. The fourth-order valence-electron chi connectivity index (χ4n) is 1.95. The lowest BCUT2D eigenvalue weighted by atomic mass is 10.1. The Bertz CT molecular complexity index is 412. The summed E-state index contributed by atoms with van der Waals surface area (Å²) in [5, 5.41) is 0. The van der Waals surface area contributed by atoms with Crippen LogP contribution >= 0.6 is 0 Å². The van der Waals surface area contributed by atoms with Gasteiger partial charge in [-0.05, 0) is 18.1 Å². The number of ether oxygens (including phenoxy) is 1. The second-order valence-electron chi connectivity index (χ2n) is 4.90. The van der Waals surface area contributed by atoms with Gasteiger partial charge in [-0.15, -0.1) is 0 Å². The summed E-state index contributed by atoms with van der Waals surface area (Å²) in [5.41, 5.74) is 6.25. The maximum absolute atomic E-state index is 11.3. The Morgan fingerprint density at radius 1 is 1.10 bits per heavy atom. The van der Waals surface area contributed by atoms with E-state index in [1.54, 1.807) is 6.08 Å². The Kier molecular flexibility index (Phi) is 8.20. The second-order valence-corrected chi connectivity index (χ2v) is 4.90. The van der Waals surface area contributed by atoms with E-state index >= 15 is 0 Å². The van der Waals surface area contributed by atoms with Gasteiger partial charge in [-0.25, -0.2) is 0 Å². The van der Waals surface area contributed by atoms with Crippen molar-refractivity contribution in [1.29, 1.82) is 0 Å². The summed E-state index contributed by atoms with van der Waals surface area (Å²) in [5.74, 6) is -0.274. The van der Waals surface area contributed by atoms with Crippen LogP contribution in [-0.2, 0) is 9.53 Å². The zero-order valence-electron chi connectivity index (χ0n) is 12.3. The molecule has 0 aliphatic rings. The van der Waals surface area contributed by atoms with E-state index in [0.29, 0.717) is 6.61 Å².